The summed E-state index contributed by atoms with van der Waals surface area (Å²) >= 11 is 1.94. The van der Waals surface area contributed by atoms with Crippen LogP contribution < -0.4 is 0 Å². The largest absolute Gasteiger partial charge is 0.379 e. The van der Waals surface area contributed by atoms with E-state index >= 15 is 0 Å². The molecular formula is C13H20ClNOS. The third-order valence-corrected chi connectivity index (χ3v) is 3.79. The summed E-state index contributed by atoms with van der Waals surface area (Å²) in [4.78, 5) is 3.85. The van der Waals surface area contributed by atoms with Crippen molar-refractivity contribution in [1.82, 2.24) is 4.90 Å². The van der Waals surface area contributed by atoms with Gasteiger partial charge in [-0.25, -0.2) is 0 Å². The van der Waals surface area contributed by atoms with Crippen molar-refractivity contribution in [2.24, 2.45) is 0 Å². The molecule has 0 spiro atoms. The van der Waals surface area contributed by atoms with Gasteiger partial charge in [-0.2, -0.15) is 0 Å². The molecule has 0 amide bonds. The number of hydrogen-bond donors (Lipinski definition) is 0. The molecule has 0 aliphatic carbocycles. The first-order valence-electron chi connectivity index (χ1n) is 5.84. The van der Waals surface area contributed by atoms with Crippen molar-refractivity contribution < 1.29 is 4.74 Å². The van der Waals surface area contributed by atoms with Gasteiger partial charge in [-0.05, 0) is 19.1 Å². The summed E-state index contributed by atoms with van der Waals surface area (Å²) in [5.41, 5.74) is 1.33. The Hall–Kier alpha value is -0.220. The van der Waals surface area contributed by atoms with Crippen LogP contribution in [0.5, 0.6) is 0 Å². The van der Waals surface area contributed by atoms with Crippen molar-refractivity contribution in [2.45, 2.75) is 11.8 Å². The van der Waals surface area contributed by atoms with Gasteiger partial charge in [0.1, 0.15) is 0 Å². The second-order valence-corrected chi connectivity index (χ2v) is 5.28. The number of benzene rings is 1. The van der Waals surface area contributed by atoms with Gasteiger partial charge in [0.15, 0.2) is 0 Å². The number of rotatable bonds is 4. The number of halogens is 1. The normalized spacial score (nSPS) is 16.5. The molecule has 0 N–H and O–H groups in total. The predicted octanol–water partition coefficient (Wildman–Crippen LogP) is 2.84. The van der Waals surface area contributed by atoms with Gasteiger partial charge in [0.05, 0.1) is 13.2 Å². The third kappa shape index (κ3) is 5.30. The molecule has 0 atom stereocenters. The summed E-state index contributed by atoms with van der Waals surface area (Å²) in [6, 6.07) is 8.77. The fourth-order valence-electron chi connectivity index (χ4n) is 1.75. The Balaban J connectivity index is 0.00000144. The summed E-state index contributed by atoms with van der Waals surface area (Å²) < 4.78 is 5.33. The maximum absolute atomic E-state index is 5.33. The van der Waals surface area contributed by atoms with Gasteiger partial charge in [-0.1, -0.05) is 17.7 Å². The zero-order valence-electron chi connectivity index (χ0n) is 10.2. The minimum Gasteiger partial charge on any atom is -0.379 e. The molecule has 1 fully saturated rings. The zero-order chi connectivity index (χ0) is 11.2. The van der Waals surface area contributed by atoms with Crippen LogP contribution in [0.15, 0.2) is 29.2 Å². The van der Waals surface area contributed by atoms with E-state index in [0.717, 1.165) is 26.3 Å². The average molecular weight is 274 g/mol. The first-order chi connectivity index (χ1) is 7.84. The zero-order valence-corrected chi connectivity index (χ0v) is 11.9. The van der Waals surface area contributed by atoms with Gasteiger partial charge in [-0.15, -0.1) is 24.2 Å². The van der Waals surface area contributed by atoms with E-state index < -0.39 is 0 Å². The molecule has 1 aromatic rings. The fraction of sp³-hybridized carbons (Fsp3) is 0.538. The number of aryl methyl sites for hydroxylation is 1. The van der Waals surface area contributed by atoms with Crippen LogP contribution in [0.3, 0.4) is 0 Å². The first kappa shape index (κ1) is 14.8. The van der Waals surface area contributed by atoms with Crippen LogP contribution in [0.1, 0.15) is 5.56 Å². The Labute approximate surface area is 114 Å². The van der Waals surface area contributed by atoms with E-state index in [-0.39, 0.29) is 12.4 Å². The molecule has 1 aliphatic rings. The van der Waals surface area contributed by atoms with E-state index in [1.54, 1.807) is 0 Å². The molecular weight excluding hydrogens is 254 g/mol. The third-order valence-electron chi connectivity index (χ3n) is 2.80. The Bertz CT molecular complexity index is 312. The van der Waals surface area contributed by atoms with Gasteiger partial charge in [0, 0.05) is 30.3 Å². The molecule has 0 saturated carbocycles. The Kier molecular flexibility index (Phi) is 6.97. The van der Waals surface area contributed by atoms with Crippen LogP contribution in [0, 0.1) is 6.92 Å². The van der Waals surface area contributed by atoms with E-state index in [2.05, 4.69) is 36.1 Å². The molecule has 17 heavy (non-hydrogen) atoms. The lowest BCUT2D eigenvalue weighted by molar-refractivity contribution is 0.0410. The number of ether oxygens (including phenoxy) is 1. The minimum absolute atomic E-state index is 0. The summed E-state index contributed by atoms with van der Waals surface area (Å²) in [6.07, 6.45) is 0. The molecule has 4 heteroatoms. The highest BCUT2D eigenvalue weighted by molar-refractivity contribution is 7.99. The summed E-state index contributed by atoms with van der Waals surface area (Å²) in [5, 5.41) is 0. The van der Waals surface area contributed by atoms with Gasteiger partial charge in [0.25, 0.3) is 0 Å². The van der Waals surface area contributed by atoms with Crippen molar-refractivity contribution in [3.63, 3.8) is 0 Å². The van der Waals surface area contributed by atoms with E-state index in [0.29, 0.717) is 0 Å². The van der Waals surface area contributed by atoms with Gasteiger partial charge in [-0.3, -0.25) is 4.90 Å². The number of thioether (sulfide) groups is 1. The van der Waals surface area contributed by atoms with Crippen LogP contribution in [0.4, 0.5) is 0 Å². The molecule has 1 aromatic carbocycles. The second-order valence-electron chi connectivity index (χ2n) is 4.12. The fourth-order valence-corrected chi connectivity index (χ4v) is 2.67. The average Bonchev–Trinajstić information content (AvgIpc) is 2.33. The number of morpholine rings is 1. The Morgan fingerprint density at radius 2 is 1.82 bits per heavy atom. The highest BCUT2D eigenvalue weighted by Gasteiger charge is 2.09. The summed E-state index contributed by atoms with van der Waals surface area (Å²) in [6.45, 7) is 7.28. The topological polar surface area (TPSA) is 12.5 Å². The van der Waals surface area contributed by atoms with Gasteiger partial charge < -0.3 is 4.74 Å². The smallest absolute Gasteiger partial charge is 0.0594 e. The predicted molar refractivity (Wildman–Crippen MR) is 76.4 cm³/mol. The van der Waals surface area contributed by atoms with Crippen LogP contribution in [0.25, 0.3) is 0 Å². The lowest BCUT2D eigenvalue weighted by atomic mass is 10.2. The van der Waals surface area contributed by atoms with Crippen molar-refractivity contribution in [3.05, 3.63) is 29.8 Å². The summed E-state index contributed by atoms with van der Waals surface area (Å²) in [5.74, 6) is 1.17. The standard InChI is InChI=1S/C13H19NOS.ClH/c1-12-2-4-13(5-3-12)16-11-8-14-6-9-15-10-7-14;/h2-5H,6-11H2,1H3;1H. The van der Waals surface area contributed by atoms with Gasteiger partial charge in [0.2, 0.25) is 0 Å². The number of hydrogen-bond acceptors (Lipinski definition) is 3. The molecule has 2 nitrogen and oxygen atoms in total. The Morgan fingerprint density at radius 1 is 1.18 bits per heavy atom. The van der Waals surface area contributed by atoms with E-state index in [1.807, 2.05) is 11.8 Å². The lowest BCUT2D eigenvalue weighted by Gasteiger charge is -2.26. The monoisotopic (exact) mass is 273 g/mol. The highest BCUT2D eigenvalue weighted by atomic mass is 35.5. The maximum Gasteiger partial charge on any atom is 0.0594 e. The Morgan fingerprint density at radius 3 is 2.47 bits per heavy atom. The van der Waals surface area contributed by atoms with Crippen LogP contribution in [0.2, 0.25) is 0 Å². The van der Waals surface area contributed by atoms with Crippen LogP contribution in [-0.2, 0) is 4.74 Å². The molecule has 1 saturated heterocycles. The second kappa shape index (κ2) is 7.98. The molecule has 1 aliphatic heterocycles. The first-order valence-corrected chi connectivity index (χ1v) is 6.83. The van der Waals surface area contributed by atoms with Crippen molar-refractivity contribution in [3.8, 4) is 0 Å². The summed E-state index contributed by atoms with van der Waals surface area (Å²) in [7, 11) is 0. The molecule has 0 radical (unpaired) electrons. The van der Waals surface area contributed by atoms with Crippen molar-refractivity contribution >= 4 is 24.2 Å². The number of nitrogens with zero attached hydrogens (tertiary/aromatic N) is 1. The highest BCUT2D eigenvalue weighted by Crippen LogP contribution is 2.18. The van der Waals surface area contributed by atoms with E-state index in [9.17, 15) is 0 Å². The molecule has 1 heterocycles. The molecule has 96 valence electrons. The van der Waals surface area contributed by atoms with Crippen molar-refractivity contribution in [1.29, 1.82) is 0 Å². The van der Waals surface area contributed by atoms with E-state index in [1.165, 1.54) is 22.8 Å². The minimum atomic E-state index is 0. The molecule has 0 aromatic heterocycles. The quantitative estimate of drug-likeness (QED) is 0.783. The van der Waals surface area contributed by atoms with Crippen molar-refractivity contribution in [2.75, 3.05) is 38.6 Å². The maximum atomic E-state index is 5.33. The molecule has 0 bridgehead atoms. The SMILES string of the molecule is Cc1ccc(SCCN2CCOCC2)cc1.Cl. The van der Waals surface area contributed by atoms with E-state index in [4.69, 9.17) is 4.74 Å². The lowest BCUT2D eigenvalue weighted by Crippen LogP contribution is -2.37. The molecule has 2 rings (SSSR count). The molecule has 0 unspecified atom stereocenters. The van der Waals surface area contributed by atoms with Gasteiger partial charge >= 0.3 is 0 Å². The van der Waals surface area contributed by atoms with Crippen LogP contribution >= 0.6 is 24.2 Å². The van der Waals surface area contributed by atoms with Crippen LogP contribution in [-0.4, -0.2) is 43.5 Å².